The van der Waals surface area contributed by atoms with Gasteiger partial charge in [0, 0.05) is 18.9 Å². The molecule has 2 unspecified atom stereocenters. The van der Waals surface area contributed by atoms with E-state index < -0.39 is 0 Å². The molecule has 1 aliphatic rings. The largest absolute Gasteiger partial charge is 0.338 e. The maximum absolute atomic E-state index is 13.0. The van der Waals surface area contributed by atoms with Crippen molar-refractivity contribution in [2.45, 2.75) is 45.1 Å². The fraction of sp³-hybridized carbons (Fsp3) is 0.474. The molecule has 1 aromatic carbocycles. The van der Waals surface area contributed by atoms with Crippen molar-refractivity contribution in [3.8, 4) is 0 Å². The summed E-state index contributed by atoms with van der Waals surface area (Å²) < 4.78 is 0. The number of hydrogen-bond donors (Lipinski definition) is 1. The Labute approximate surface area is 157 Å². The van der Waals surface area contributed by atoms with Crippen LogP contribution in [0.15, 0.2) is 30.3 Å². The third-order valence-electron chi connectivity index (χ3n) is 4.64. The molecule has 2 amide bonds. The number of hydrogen-bond acceptors (Lipinski definition) is 5. The Kier molecular flexibility index (Phi) is 5.09. The van der Waals surface area contributed by atoms with Crippen molar-refractivity contribution in [1.82, 2.24) is 15.1 Å². The topological polar surface area (TPSA) is 75.2 Å². The quantitative estimate of drug-likeness (QED) is 0.896. The van der Waals surface area contributed by atoms with Crippen LogP contribution in [-0.2, 0) is 15.0 Å². The fourth-order valence-corrected chi connectivity index (χ4v) is 4.00. The molecule has 138 valence electrons. The van der Waals surface area contributed by atoms with Crippen molar-refractivity contribution < 1.29 is 9.59 Å². The molecule has 26 heavy (non-hydrogen) atoms. The molecule has 7 heteroatoms. The van der Waals surface area contributed by atoms with Crippen molar-refractivity contribution >= 4 is 28.3 Å². The number of carbonyl (C=O) groups is 2. The van der Waals surface area contributed by atoms with E-state index in [4.69, 9.17) is 0 Å². The van der Waals surface area contributed by atoms with E-state index in [9.17, 15) is 9.59 Å². The first-order chi connectivity index (χ1) is 12.3. The Morgan fingerprint density at radius 1 is 1.23 bits per heavy atom. The molecule has 6 nitrogen and oxygen atoms in total. The monoisotopic (exact) mass is 372 g/mol. The van der Waals surface area contributed by atoms with Crippen LogP contribution >= 0.6 is 11.3 Å². The minimum absolute atomic E-state index is 0.0637. The fourth-order valence-electron chi connectivity index (χ4n) is 3.19. The molecule has 1 saturated heterocycles. The van der Waals surface area contributed by atoms with Crippen LogP contribution in [0, 0.1) is 5.92 Å². The summed E-state index contributed by atoms with van der Waals surface area (Å²) in [5, 5.41) is 12.6. The zero-order valence-corrected chi connectivity index (χ0v) is 16.3. The molecule has 0 radical (unpaired) electrons. The van der Waals surface area contributed by atoms with Crippen LogP contribution in [-0.4, -0.2) is 34.0 Å². The van der Waals surface area contributed by atoms with E-state index in [1.54, 1.807) is 11.9 Å². The van der Waals surface area contributed by atoms with Gasteiger partial charge in [0.1, 0.15) is 5.01 Å². The molecule has 1 fully saturated rings. The Balaban J connectivity index is 1.82. The first-order valence-corrected chi connectivity index (χ1v) is 9.54. The summed E-state index contributed by atoms with van der Waals surface area (Å²) in [4.78, 5) is 26.8. The second-order valence-electron chi connectivity index (χ2n) is 7.66. The lowest BCUT2D eigenvalue weighted by Crippen LogP contribution is -2.44. The molecule has 1 aromatic heterocycles. The number of nitrogens with one attached hydrogen (secondary N) is 1. The highest BCUT2D eigenvalue weighted by atomic mass is 32.1. The van der Waals surface area contributed by atoms with E-state index in [1.165, 1.54) is 11.3 Å². The minimum atomic E-state index is -0.318. The molecule has 0 aliphatic carbocycles. The Morgan fingerprint density at radius 2 is 1.92 bits per heavy atom. The van der Waals surface area contributed by atoms with Gasteiger partial charge in [-0.1, -0.05) is 62.4 Å². The predicted molar refractivity (Wildman–Crippen MR) is 102 cm³/mol. The van der Waals surface area contributed by atoms with E-state index in [1.807, 2.05) is 30.3 Å². The van der Waals surface area contributed by atoms with Crippen LogP contribution in [0.1, 0.15) is 50.2 Å². The summed E-state index contributed by atoms with van der Waals surface area (Å²) in [6.45, 7) is 6.19. The standard InChI is InChI=1S/C19H24N4O2S/c1-19(2,3)17-21-22-18(26-17)20-16(25)13-10-11-14(24)23(4)15(13)12-8-6-5-7-9-12/h5-9,13,15H,10-11H2,1-4H3,(H,20,22,25). The van der Waals surface area contributed by atoms with Gasteiger partial charge in [0.2, 0.25) is 16.9 Å². The highest BCUT2D eigenvalue weighted by molar-refractivity contribution is 7.15. The maximum Gasteiger partial charge on any atom is 0.231 e. The average molecular weight is 372 g/mol. The van der Waals surface area contributed by atoms with Gasteiger partial charge in [-0.3, -0.25) is 9.59 Å². The number of nitrogens with zero attached hydrogens (tertiary/aromatic N) is 3. The Bertz CT molecular complexity index is 797. The number of anilines is 1. The second kappa shape index (κ2) is 7.15. The third-order valence-corrected chi connectivity index (χ3v) is 5.90. The third kappa shape index (κ3) is 3.77. The van der Waals surface area contributed by atoms with E-state index in [0.717, 1.165) is 10.6 Å². The average Bonchev–Trinajstić information content (AvgIpc) is 3.06. The second-order valence-corrected chi connectivity index (χ2v) is 8.63. The van der Waals surface area contributed by atoms with Crippen LogP contribution in [0.4, 0.5) is 5.13 Å². The summed E-state index contributed by atoms with van der Waals surface area (Å²) in [6, 6.07) is 9.44. The lowest BCUT2D eigenvalue weighted by atomic mass is 9.84. The van der Waals surface area contributed by atoms with E-state index in [2.05, 4.69) is 36.3 Å². The Morgan fingerprint density at radius 3 is 2.54 bits per heavy atom. The van der Waals surface area contributed by atoms with Crippen LogP contribution < -0.4 is 5.32 Å². The minimum Gasteiger partial charge on any atom is -0.338 e. The molecular weight excluding hydrogens is 348 g/mol. The smallest absolute Gasteiger partial charge is 0.231 e. The predicted octanol–water partition coefficient (Wildman–Crippen LogP) is 3.38. The zero-order valence-electron chi connectivity index (χ0n) is 15.5. The summed E-state index contributed by atoms with van der Waals surface area (Å²) in [5.74, 6) is -0.370. The molecule has 2 aromatic rings. The number of rotatable bonds is 3. The maximum atomic E-state index is 13.0. The summed E-state index contributed by atoms with van der Waals surface area (Å²) in [7, 11) is 1.77. The number of carbonyl (C=O) groups excluding carboxylic acids is 2. The summed E-state index contributed by atoms with van der Waals surface area (Å²) >= 11 is 1.40. The SMILES string of the molecule is CN1C(=O)CCC(C(=O)Nc2nnc(C(C)(C)C)s2)C1c1ccccc1. The first-order valence-electron chi connectivity index (χ1n) is 8.73. The molecule has 0 bridgehead atoms. The normalized spacial score (nSPS) is 20.9. The van der Waals surface area contributed by atoms with Crippen LogP contribution in [0.2, 0.25) is 0 Å². The highest BCUT2D eigenvalue weighted by Gasteiger charge is 2.39. The summed E-state index contributed by atoms with van der Waals surface area (Å²) in [6.07, 6.45) is 0.904. The molecule has 1 N–H and O–H groups in total. The lowest BCUT2D eigenvalue weighted by molar-refractivity contribution is -0.140. The van der Waals surface area contributed by atoms with Crippen LogP contribution in [0.5, 0.6) is 0 Å². The van der Waals surface area contributed by atoms with Crippen molar-refractivity contribution in [2.24, 2.45) is 5.92 Å². The first kappa shape index (κ1) is 18.5. The number of aromatic nitrogens is 2. The molecule has 0 spiro atoms. The van der Waals surface area contributed by atoms with Crippen LogP contribution in [0.3, 0.4) is 0 Å². The molecule has 2 atom stereocenters. The number of amides is 2. The van der Waals surface area contributed by atoms with Gasteiger partial charge in [-0.15, -0.1) is 10.2 Å². The van der Waals surface area contributed by atoms with Gasteiger partial charge in [-0.05, 0) is 12.0 Å². The Hall–Kier alpha value is -2.28. The van der Waals surface area contributed by atoms with Crippen molar-refractivity contribution in [2.75, 3.05) is 12.4 Å². The van der Waals surface area contributed by atoms with Crippen LogP contribution in [0.25, 0.3) is 0 Å². The van der Waals surface area contributed by atoms with Gasteiger partial charge in [0.25, 0.3) is 0 Å². The van der Waals surface area contributed by atoms with Gasteiger partial charge in [0.15, 0.2) is 0 Å². The van der Waals surface area contributed by atoms with Gasteiger partial charge in [-0.2, -0.15) is 0 Å². The number of piperidine rings is 1. The van der Waals surface area contributed by atoms with E-state index in [0.29, 0.717) is 18.0 Å². The number of likely N-dealkylation sites (tertiary alicyclic amines) is 1. The lowest BCUT2D eigenvalue weighted by Gasteiger charge is -2.38. The van der Waals surface area contributed by atoms with Gasteiger partial charge in [0.05, 0.1) is 12.0 Å². The summed E-state index contributed by atoms with van der Waals surface area (Å²) in [5.41, 5.74) is 0.862. The molecule has 0 saturated carbocycles. The van der Waals surface area contributed by atoms with Crippen molar-refractivity contribution in [3.63, 3.8) is 0 Å². The van der Waals surface area contributed by atoms with E-state index >= 15 is 0 Å². The van der Waals surface area contributed by atoms with Crippen molar-refractivity contribution in [1.29, 1.82) is 0 Å². The van der Waals surface area contributed by atoms with Gasteiger partial charge < -0.3 is 10.2 Å². The zero-order chi connectivity index (χ0) is 18.9. The molecule has 1 aliphatic heterocycles. The molecule has 3 rings (SSSR count). The molecular formula is C19H24N4O2S. The van der Waals surface area contributed by atoms with Crippen molar-refractivity contribution in [3.05, 3.63) is 40.9 Å². The van der Waals surface area contributed by atoms with Gasteiger partial charge >= 0.3 is 0 Å². The van der Waals surface area contributed by atoms with E-state index in [-0.39, 0.29) is 29.2 Å². The molecule has 2 heterocycles. The number of benzene rings is 1. The highest BCUT2D eigenvalue weighted by Crippen LogP contribution is 2.37. The van der Waals surface area contributed by atoms with Gasteiger partial charge in [-0.25, -0.2) is 0 Å².